The van der Waals surface area contributed by atoms with Crippen molar-refractivity contribution in [1.82, 2.24) is 24.8 Å². The third-order valence-corrected chi connectivity index (χ3v) is 5.62. The number of anilines is 2. The Hall–Kier alpha value is -4.40. The van der Waals surface area contributed by atoms with E-state index >= 15 is 0 Å². The van der Waals surface area contributed by atoms with Crippen LogP contribution in [0.5, 0.6) is 5.88 Å². The monoisotopic (exact) mass is 456 g/mol. The van der Waals surface area contributed by atoms with Crippen molar-refractivity contribution in [3.63, 3.8) is 0 Å². The number of nitrogens with zero attached hydrogens (tertiary/aromatic N) is 4. The van der Waals surface area contributed by atoms with Crippen LogP contribution in [-0.4, -0.2) is 51.9 Å². The maximum Gasteiger partial charge on any atom is 0.253 e. The van der Waals surface area contributed by atoms with Gasteiger partial charge in [0.1, 0.15) is 11.2 Å². The summed E-state index contributed by atoms with van der Waals surface area (Å²) in [6, 6.07) is 11.3. The normalized spacial score (nSPS) is 11.2. The van der Waals surface area contributed by atoms with Crippen LogP contribution in [0.1, 0.15) is 21.8 Å². The van der Waals surface area contributed by atoms with Crippen LogP contribution in [0.15, 0.2) is 47.0 Å². The number of ether oxygens (including phenoxy) is 1. The molecule has 2 N–H and O–H groups in total. The zero-order valence-corrected chi connectivity index (χ0v) is 19.6. The number of nitrogens with one attached hydrogen (secondary N) is 2. The number of fused-ring (bicyclic) bond motifs is 2. The van der Waals surface area contributed by atoms with Crippen LogP contribution >= 0.6 is 0 Å². The molecule has 0 aliphatic heterocycles. The number of aromatic nitrogens is 4. The minimum absolute atomic E-state index is 0.0495. The second kappa shape index (κ2) is 8.18. The first kappa shape index (κ1) is 21.4. The molecule has 0 saturated carbocycles. The molecule has 0 aliphatic carbocycles. The lowest BCUT2D eigenvalue weighted by Gasteiger charge is -2.13. The molecular weight excluding hydrogens is 432 g/mol. The largest absolute Gasteiger partial charge is 0.480 e. The molecule has 172 valence electrons. The molecule has 9 nitrogen and oxygen atoms in total. The Bertz CT molecular complexity index is 1550. The van der Waals surface area contributed by atoms with E-state index in [1.807, 2.05) is 50.4 Å². The number of amides is 1. The fourth-order valence-electron chi connectivity index (χ4n) is 3.95. The number of carbonyl (C=O) groups excluding carboxylic acids is 1. The minimum atomic E-state index is -0.0495. The Morgan fingerprint density at radius 3 is 2.65 bits per heavy atom. The number of hydrogen-bond donors (Lipinski definition) is 2. The molecule has 0 fully saturated rings. The zero-order chi connectivity index (χ0) is 24.0. The highest BCUT2D eigenvalue weighted by atomic mass is 16.5. The highest BCUT2D eigenvalue weighted by Gasteiger charge is 2.18. The fraction of sp³-hybridized carbons (Fsp3) is 0.200. The van der Waals surface area contributed by atoms with E-state index in [-0.39, 0.29) is 5.91 Å². The van der Waals surface area contributed by atoms with Crippen LogP contribution in [0.3, 0.4) is 0 Å². The van der Waals surface area contributed by atoms with Crippen molar-refractivity contribution in [2.24, 2.45) is 0 Å². The van der Waals surface area contributed by atoms with Crippen molar-refractivity contribution in [2.45, 2.75) is 13.8 Å². The number of hydrogen-bond acceptors (Lipinski definition) is 7. The Morgan fingerprint density at radius 1 is 1.09 bits per heavy atom. The Balaban J connectivity index is 1.52. The molecule has 9 heteroatoms. The van der Waals surface area contributed by atoms with Crippen molar-refractivity contribution in [3.05, 3.63) is 59.6 Å². The fourth-order valence-corrected chi connectivity index (χ4v) is 3.95. The predicted octanol–water partition coefficient (Wildman–Crippen LogP) is 4.84. The lowest BCUT2D eigenvalue weighted by molar-refractivity contribution is 0.0827. The maximum absolute atomic E-state index is 12.2. The van der Waals surface area contributed by atoms with E-state index in [0.717, 1.165) is 33.3 Å². The molecular formula is C25H24N6O3. The average Bonchev–Trinajstić information content (AvgIpc) is 3.41. The van der Waals surface area contributed by atoms with Gasteiger partial charge in [-0.3, -0.25) is 4.79 Å². The third kappa shape index (κ3) is 3.71. The first-order valence-electron chi connectivity index (χ1n) is 10.7. The van der Waals surface area contributed by atoms with Crippen molar-refractivity contribution < 1.29 is 13.9 Å². The molecule has 3 aromatic heterocycles. The van der Waals surface area contributed by atoms with Gasteiger partial charge >= 0.3 is 0 Å². The number of rotatable bonds is 5. The molecule has 5 rings (SSSR count). The molecule has 3 heterocycles. The number of H-pyrrole nitrogens is 1. The van der Waals surface area contributed by atoms with E-state index in [1.165, 1.54) is 0 Å². The maximum atomic E-state index is 12.2. The second-order valence-corrected chi connectivity index (χ2v) is 8.25. The SMILES string of the molecule is COc1nc(Nc2ccc(C(=O)N(C)C)cc2C)nc2[nH]cc(-c3ccc4nc(C)oc4c3)c12. The second-order valence-electron chi connectivity index (χ2n) is 8.25. The summed E-state index contributed by atoms with van der Waals surface area (Å²) >= 11 is 0. The van der Waals surface area contributed by atoms with Gasteiger partial charge in [0.25, 0.3) is 5.91 Å². The first-order chi connectivity index (χ1) is 16.3. The van der Waals surface area contributed by atoms with E-state index in [4.69, 9.17) is 9.15 Å². The number of carbonyl (C=O) groups is 1. The average molecular weight is 457 g/mol. The lowest BCUT2D eigenvalue weighted by atomic mass is 10.1. The number of methoxy groups -OCH3 is 1. The first-order valence-corrected chi connectivity index (χ1v) is 10.7. The lowest BCUT2D eigenvalue weighted by Crippen LogP contribution is -2.21. The molecule has 5 aromatic rings. The summed E-state index contributed by atoms with van der Waals surface area (Å²) in [5, 5.41) is 4.01. The molecule has 0 aliphatic rings. The topological polar surface area (TPSA) is 109 Å². The van der Waals surface area contributed by atoms with Crippen molar-refractivity contribution in [2.75, 3.05) is 26.5 Å². The van der Waals surface area contributed by atoms with Crippen LogP contribution in [0.2, 0.25) is 0 Å². The van der Waals surface area contributed by atoms with Crippen molar-refractivity contribution >= 4 is 39.7 Å². The summed E-state index contributed by atoms with van der Waals surface area (Å²) in [5.74, 6) is 1.40. The van der Waals surface area contributed by atoms with Gasteiger partial charge in [-0.25, -0.2) is 4.98 Å². The summed E-state index contributed by atoms with van der Waals surface area (Å²) < 4.78 is 11.3. The van der Waals surface area contributed by atoms with E-state index in [9.17, 15) is 4.79 Å². The van der Waals surface area contributed by atoms with Gasteiger partial charge in [0.15, 0.2) is 11.5 Å². The predicted molar refractivity (Wildman–Crippen MR) is 131 cm³/mol. The van der Waals surface area contributed by atoms with Gasteiger partial charge in [0.2, 0.25) is 11.8 Å². The zero-order valence-electron chi connectivity index (χ0n) is 19.6. The molecule has 0 saturated heterocycles. The van der Waals surface area contributed by atoms with Crippen molar-refractivity contribution in [3.8, 4) is 17.0 Å². The molecule has 0 unspecified atom stereocenters. The summed E-state index contributed by atoms with van der Waals surface area (Å²) in [6.07, 6.45) is 1.88. The van der Waals surface area contributed by atoms with Gasteiger partial charge in [0.05, 0.1) is 12.5 Å². The standard InChI is InChI=1S/C25H24N6O3/c1-13-10-16(24(32)31(3)4)7-8-18(13)28-25-29-22-21(23(30-25)33-5)17(12-26-22)15-6-9-19-20(11-15)34-14(2)27-19/h6-12H,1-5H3,(H2,26,28,29,30). The van der Waals surface area contributed by atoms with Gasteiger partial charge in [-0.05, 0) is 48.4 Å². The smallest absolute Gasteiger partial charge is 0.253 e. The quantitative estimate of drug-likeness (QED) is 0.390. The summed E-state index contributed by atoms with van der Waals surface area (Å²) in [5.41, 5.74) is 6.32. The Morgan fingerprint density at radius 2 is 1.91 bits per heavy atom. The molecule has 0 bridgehead atoms. The summed E-state index contributed by atoms with van der Waals surface area (Å²) in [4.78, 5) is 30.6. The van der Waals surface area contributed by atoms with Gasteiger partial charge in [-0.1, -0.05) is 6.07 Å². The molecule has 0 radical (unpaired) electrons. The molecule has 34 heavy (non-hydrogen) atoms. The van der Waals surface area contributed by atoms with Gasteiger partial charge in [0, 0.05) is 44.0 Å². The van der Waals surface area contributed by atoms with E-state index in [1.54, 1.807) is 32.2 Å². The van der Waals surface area contributed by atoms with Crippen LogP contribution < -0.4 is 10.1 Å². The number of aryl methyl sites for hydroxylation is 2. The summed E-state index contributed by atoms with van der Waals surface area (Å²) in [7, 11) is 5.04. The highest BCUT2D eigenvalue weighted by Crippen LogP contribution is 2.36. The minimum Gasteiger partial charge on any atom is -0.480 e. The van der Waals surface area contributed by atoms with Gasteiger partial charge < -0.3 is 24.4 Å². The molecule has 1 amide bonds. The third-order valence-electron chi connectivity index (χ3n) is 5.62. The van der Waals surface area contributed by atoms with Crippen LogP contribution in [-0.2, 0) is 0 Å². The number of aromatic amines is 1. The molecule has 0 spiro atoms. The number of benzene rings is 2. The summed E-state index contributed by atoms with van der Waals surface area (Å²) in [6.45, 7) is 3.75. The Kier molecular flexibility index (Phi) is 5.16. The number of oxazole rings is 1. The molecule has 2 aromatic carbocycles. The van der Waals surface area contributed by atoms with E-state index < -0.39 is 0 Å². The highest BCUT2D eigenvalue weighted by molar-refractivity contribution is 5.99. The van der Waals surface area contributed by atoms with Crippen molar-refractivity contribution in [1.29, 1.82) is 0 Å². The molecule has 0 atom stereocenters. The van der Waals surface area contributed by atoms with Gasteiger partial charge in [-0.15, -0.1) is 0 Å². The van der Waals surface area contributed by atoms with Gasteiger partial charge in [-0.2, -0.15) is 9.97 Å². The Labute approximate surface area is 195 Å². The van der Waals surface area contributed by atoms with E-state index in [0.29, 0.717) is 34.5 Å². The van der Waals surface area contributed by atoms with Crippen LogP contribution in [0, 0.1) is 13.8 Å². The van der Waals surface area contributed by atoms with Crippen LogP contribution in [0.4, 0.5) is 11.6 Å². The van der Waals surface area contributed by atoms with Crippen LogP contribution in [0.25, 0.3) is 33.3 Å². The van der Waals surface area contributed by atoms with E-state index in [2.05, 4.69) is 25.3 Å².